The molecule has 1 fully saturated rings. The Kier molecular flexibility index (Phi) is 5.32. The lowest BCUT2D eigenvalue weighted by molar-refractivity contribution is -0.117. The number of nitrogens with zero attached hydrogens (tertiary/aromatic N) is 2. The SMILES string of the molecule is Cc1nc(CNC(=O)c2ccc(N3CCCC3=O)cc2)ccc1[C@@H](C)O. The second-order valence-electron chi connectivity index (χ2n) is 6.53. The average Bonchev–Trinajstić information content (AvgIpc) is 3.05. The number of carbonyl (C=O) groups excluding carboxylic acids is 2. The van der Waals surface area contributed by atoms with Crippen molar-refractivity contribution in [2.45, 2.75) is 39.3 Å². The number of rotatable bonds is 5. The van der Waals surface area contributed by atoms with E-state index in [0.717, 1.165) is 35.6 Å². The highest BCUT2D eigenvalue weighted by molar-refractivity contribution is 5.97. The summed E-state index contributed by atoms with van der Waals surface area (Å²) < 4.78 is 0. The number of carbonyl (C=O) groups is 2. The van der Waals surface area contributed by atoms with Crippen molar-refractivity contribution in [1.29, 1.82) is 0 Å². The number of aryl methyl sites for hydroxylation is 1. The average molecular weight is 353 g/mol. The van der Waals surface area contributed by atoms with Gasteiger partial charge in [0.15, 0.2) is 0 Å². The number of hydrogen-bond donors (Lipinski definition) is 2. The molecular formula is C20H23N3O3. The van der Waals surface area contributed by atoms with Crippen LogP contribution < -0.4 is 10.2 Å². The van der Waals surface area contributed by atoms with Crippen molar-refractivity contribution in [2.24, 2.45) is 0 Å². The van der Waals surface area contributed by atoms with Crippen molar-refractivity contribution >= 4 is 17.5 Å². The van der Waals surface area contributed by atoms with Gasteiger partial charge in [-0.15, -0.1) is 0 Å². The van der Waals surface area contributed by atoms with Gasteiger partial charge in [0, 0.05) is 35.5 Å². The molecule has 0 saturated carbocycles. The van der Waals surface area contributed by atoms with Crippen LogP contribution in [0.15, 0.2) is 36.4 Å². The molecule has 3 rings (SSSR count). The fourth-order valence-corrected chi connectivity index (χ4v) is 3.15. The first-order valence-corrected chi connectivity index (χ1v) is 8.79. The number of anilines is 1. The van der Waals surface area contributed by atoms with Crippen LogP contribution in [0.25, 0.3) is 0 Å². The zero-order chi connectivity index (χ0) is 18.7. The zero-order valence-electron chi connectivity index (χ0n) is 15.0. The van der Waals surface area contributed by atoms with Gasteiger partial charge < -0.3 is 15.3 Å². The summed E-state index contributed by atoms with van der Waals surface area (Å²) in [5.74, 6) is -0.0624. The highest BCUT2D eigenvalue weighted by atomic mass is 16.3. The van der Waals surface area contributed by atoms with E-state index in [1.165, 1.54) is 0 Å². The molecule has 2 amide bonds. The summed E-state index contributed by atoms with van der Waals surface area (Å²) >= 11 is 0. The van der Waals surface area contributed by atoms with Crippen molar-refractivity contribution in [3.63, 3.8) is 0 Å². The number of amides is 2. The molecule has 0 unspecified atom stereocenters. The van der Waals surface area contributed by atoms with Gasteiger partial charge in [0.25, 0.3) is 5.91 Å². The molecule has 1 aromatic heterocycles. The number of aliphatic hydroxyl groups excluding tert-OH is 1. The maximum Gasteiger partial charge on any atom is 0.251 e. The molecule has 1 saturated heterocycles. The van der Waals surface area contributed by atoms with Crippen molar-refractivity contribution in [1.82, 2.24) is 10.3 Å². The molecule has 1 aliphatic rings. The predicted molar refractivity (Wildman–Crippen MR) is 98.8 cm³/mol. The van der Waals surface area contributed by atoms with Gasteiger partial charge in [-0.25, -0.2) is 0 Å². The quantitative estimate of drug-likeness (QED) is 0.865. The molecule has 1 aromatic carbocycles. The van der Waals surface area contributed by atoms with E-state index in [1.807, 2.05) is 13.0 Å². The minimum Gasteiger partial charge on any atom is -0.389 e. The molecule has 6 heteroatoms. The van der Waals surface area contributed by atoms with Crippen LogP contribution in [0.3, 0.4) is 0 Å². The molecular weight excluding hydrogens is 330 g/mol. The normalized spacial score (nSPS) is 15.2. The zero-order valence-corrected chi connectivity index (χ0v) is 15.0. The Morgan fingerprint density at radius 2 is 2.00 bits per heavy atom. The Labute approximate surface area is 152 Å². The number of nitrogens with one attached hydrogen (secondary N) is 1. The molecule has 0 spiro atoms. The second-order valence-corrected chi connectivity index (χ2v) is 6.53. The summed E-state index contributed by atoms with van der Waals surface area (Å²) in [5.41, 5.74) is 3.64. The number of pyridine rings is 1. The lowest BCUT2D eigenvalue weighted by Gasteiger charge is -2.16. The molecule has 1 aliphatic heterocycles. The Balaban J connectivity index is 1.61. The first kappa shape index (κ1) is 18.1. The van der Waals surface area contributed by atoms with E-state index in [0.29, 0.717) is 18.5 Å². The Morgan fingerprint density at radius 3 is 2.58 bits per heavy atom. The van der Waals surface area contributed by atoms with Gasteiger partial charge in [0.05, 0.1) is 18.3 Å². The van der Waals surface area contributed by atoms with Gasteiger partial charge in [-0.1, -0.05) is 6.07 Å². The summed E-state index contributed by atoms with van der Waals surface area (Å²) in [6.07, 6.45) is 0.899. The van der Waals surface area contributed by atoms with Crippen molar-refractivity contribution in [3.05, 3.63) is 58.9 Å². The van der Waals surface area contributed by atoms with Crippen LogP contribution in [0.4, 0.5) is 5.69 Å². The lowest BCUT2D eigenvalue weighted by Crippen LogP contribution is -2.25. The Morgan fingerprint density at radius 1 is 1.27 bits per heavy atom. The molecule has 0 radical (unpaired) electrons. The molecule has 136 valence electrons. The number of benzene rings is 1. The van der Waals surface area contributed by atoms with Gasteiger partial charge in [-0.2, -0.15) is 0 Å². The molecule has 2 aromatic rings. The maximum absolute atomic E-state index is 12.3. The lowest BCUT2D eigenvalue weighted by atomic mass is 10.1. The van der Waals surface area contributed by atoms with Crippen molar-refractivity contribution in [3.8, 4) is 0 Å². The summed E-state index contributed by atoms with van der Waals surface area (Å²) in [6.45, 7) is 4.58. The van der Waals surface area contributed by atoms with E-state index in [1.54, 1.807) is 42.2 Å². The minimum atomic E-state index is -0.563. The molecule has 0 bridgehead atoms. The second kappa shape index (κ2) is 7.66. The van der Waals surface area contributed by atoms with E-state index in [4.69, 9.17) is 0 Å². The topological polar surface area (TPSA) is 82.5 Å². The van der Waals surface area contributed by atoms with Crippen LogP contribution >= 0.6 is 0 Å². The summed E-state index contributed by atoms with van der Waals surface area (Å²) in [4.78, 5) is 30.2. The number of hydrogen-bond acceptors (Lipinski definition) is 4. The highest BCUT2D eigenvalue weighted by Crippen LogP contribution is 2.21. The fourth-order valence-electron chi connectivity index (χ4n) is 3.15. The molecule has 26 heavy (non-hydrogen) atoms. The maximum atomic E-state index is 12.3. The first-order valence-electron chi connectivity index (χ1n) is 8.79. The van der Waals surface area contributed by atoms with Gasteiger partial charge in [0.2, 0.25) is 5.91 Å². The van der Waals surface area contributed by atoms with E-state index >= 15 is 0 Å². The van der Waals surface area contributed by atoms with Crippen LogP contribution in [-0.2, 0) is 11.3 Å². The first-order chi connectivity index (χ1) is 12.5. The minimum absolute atomic E-state index is 0.129. The van der Waals surface area contributed by atoms with Crippen molar-refractivity contribution in [2.75, 3.05) is 11.4 Å². The molecule has 0 aliphatic carbocycles. The third kappa shape index (κ3) is 3.91. The van der Waals surface area contributed by atoms with Crippen LogP contribution in [0, 0.1) is 6.92 Å². The van der Waals surface area contributed by atoms with Crippen LogP contribution in [-0.4, -0.2) is 28.4 Å². The van der Waals surface area contributed by atoms with Gasteiger partial charge in [-0.3, -0.25) is 14.6 Å². The molecule has 2 N–H and O–H groups in total. The molecule has 2 heterocycles. The third-order valence-corrected chi connectivity index (χ3v) is 4.58. The Bertz CT molecular complexity index is 816. The third-order valence-electron chi connectivity index (χ3n) is 4.58. The number of aromatic nitrogens is 1. The summed E-state index contributed by atoms with van der Waals surface area (Å²) in [7, 11) is 0. The van der Waals surface area contributed by atoms with E-state index < -0.39 is 6.10 Å². The predicted octanol–water partition coefficient (Wildman–Crippen LogP) is 2.50. The van der Waals surface area contributed by atoms with Crippen LogP contribution in [0.1, 0.15) is 53.2 Å². The van der Waals surface area contributed by atoms with Gasteiger partial charge >= 0.3 is 0 Å². The van der Waals surface area contributed by atoms with Crippen molar-refractivity contribution < 1.29 is 14.7 Å². The van der Waals surface area contributed by atoms with E-state index in [-0.39, 0.29) is 11.8 Å². The fraction of sp³-hybridized carbons (Fsp3) is 0.350. The monoisotopic (exact) mass is 353 g/mol. The van der Waals surface area contributed by atoms with E-state index in [9.17, 15) is 14.7 Å². The Hall–Kier alpha value is -2.73. The smallest absolute Gasteiger partial charge is 0.251 e. The van der Waals surface area contributed by atoms with Crippen LogP contribution in [0.5, 0.6) is 0 Å². The molecule has 1 atom stereocenters. The van der Waals surface area contributed by atoms with E-state index in [2.05, 4.69) is 10.3 Å². The molecule has 6 nitrogen and oxygen atoms in total. The number of aliphatic hydroxyl groups is 1. The largest absolute Gasteiger partial charge is 0.389 e. The summed E-state index contributed by atoms with van der Waals surface area (Å²) in [6, 6.07) is 10.7. The van der Waals surface area contributed by atoms with Gasteiger partial charge in [-0.05, 0) is 50.6 Å². The standard InChI is InChI=1S/C20H23N3O3/c1-13-18(14(2)24)10-7-16(22-13)12-21-20(26)15-5-8-17(9-6-15)23-11-3-4-19(23)25/h5-10,14,24H,3-4,11-12H2,1-2H3,(H,21,26)/t14-/m1/s1. The van der Waals surface area contributed by atoms with Crippen LogP contribution in [0.2, 0.25) is 0 Å². The summed E-state index contributed by atoms with van der Waals surface area (Å²) in [5, 5.41) is 12.5. The van der Waals surface area contributed by atoms with Gasteiger partial charge in [0.1, 0.15) is 0 Å². The highest BCUT2D eigenvalue weighted by Gasteiger charge is 2.21.